The SMILES string of the molecule is CCCc1cc(C(=O)N2CCC[C@@H](c3ncc(Cc4ccccc4Cl)o3)C2)n(C)n1. The van der Waals surface area contributed by atoms with Gasteiger partial charge in [0.05, 0.1) is 17.8 Å². The number of piperidine rings is 1. The third-order valence-corrected chi connectivity index (χ3v) is 5.98. The Balaban J connectivity index is 1.45. The van der Waals surface area contributed by atoms with Crippen LogP contribution in [0.15, 0.2) is 40.9 Å². The smallest absolute Gasteiger partial charge is 0.272 e. The number of oxazole rings is 1. The fourth-order valence-corrected chi connectivity index (χ4v) is 4.26. The highest BCUT2D eigenvalue weighted by molar-refractivity contribution is 6.31. The summed E-state index contributed by atoms with van der Waals surface area (Å²) in [6.45, 7) is 3.47. The number of nitrogens with zero attached hydrogens (tertiary/aromatic N) is 4. The van der Waals surface area contributed by atoms with Crippen LogP contribution in [0, 0.1) is 0 Å². The summed E-state index contributed by atoms with van der Waals surface area (Å²) >= 11 is 6.26. The van der Waals surface area contributed by atoms with Crippen molar-refractivity contribution in [2.75, 3.05) is 13.1 Å². The number of aryl methyl sites for hydroxylation is 2. The molecular formula is C23H27ClN4O2. The summed E-state index contributed by atoms with van der Waals surface area (Å²) in [6, 6.07) is 9.67. The van der Waals surface area contributed by atoms with E-state index in [0.29, 0.717) is 24.6 Å². The van der Waals surface area contributed by atoms with E-state index in [1.54, 1.807) is 10.9 Å². The molecule has 0 N–H and O–H groups in total. The zero-order valence-corrected chi connectivity index (χ0v) is 18.2. The van der Waals surface area contributed by atoms with Crippen LogP contribution in [0.25, 0.3) is 0 Å². The first-order chi connectivity index (χ1) is 14.5. The Morgan fingerprint density at radius 2 is 2.17 bits per heavy atom. The molecule has 1 aliphatic heterocycles. The lowest BCUT2D eigenvalue weighted by Crippen LogP contribution is -2.40. The van der Waals surface area contributed by atoms with Gasteiger partial charge in [-0.15, -0.1) is 0 Å². The summed E-state index contributed by atoms with van der Waals surface area (Å²) in [6.07, 6.45) is 6.17. The highest BCUT2D eigenvalue weighted by Crippen LogP contribution is 2.29. The number of aromatic nitrogens is 3. The first-order valence-corrected chi connectivity index (χ1v) is 10.9. The summed E-state index contributed by atoms with van der Waals surface area (Å²) in [5.74, 6) is 1.62. The molecule has 30 heavy (non-hydrogen) atoms. The van der Waals surface area contributed by atoms with Gasteiger partial charge in [-0.05, 0) is 37.0 Å². The van der Waals surface area contributed by atoms with Gasteiger partial charge in [0, 0.05) is 31.6 Å². The first-order valence-electron chi connectivity index (χ1n) is 10.5. The number of benzene rings is 1. The van der Waals surface area contributed by atoms with E-state index in [9.17, 15) is 4.79 Å². The average molecular weight is 427 g/mol. The molecule has 2 aromatic heterocycles. The van der Waals surface area contributed by atoms with E-state index >= 15 is 0 Å². The molecular weight excluding hydrogens is 400 g/mol. The molecule has 1 amide bonds. The van der Waals surface area contributed by atoms with Gasteiger partial charge in [0.15, 0.2) is 5.89 Å². The molecule has 1 fully saturated rings. The predicted octanol–water partition coefficient (Wildman–Crippen LogP) is 4.62. The molecule has 1 aliphatic rings. The second-order valence-corrected chi connectivity index (χ2v) is 8.33. The van der Waals surface area contributed by atoms with Gasteiger partial charge in [-0.3, -0.25) is 9.48 Å². The maximum atomic E-state index is 13.1. The average Bonchev–Trinajstić information content (AvgIpc) is 3.36. The van der Waals surface area contributed by atoms with E-state index < -0.39 is 0 Å². The maximum Gasteiger partial charge on any atom is 0.272 e. The van der Waals surface area contributed by atoms with Gasteiger partial charge in [0.1, 0.15) is 11.5 Å². The van der Waals surface area contributed by atoms with Crippen LogP contribution in [-0.4, -0.2) is 38.7 Å². The Hall–Kier alpha value is -2.60. The van der Waals surface area contributed by atoms with Crippen LogP contribution in [0.1, 0.15) is 65.5 Å². The molecule has 0 unspecified atom stereocenters. The molecule has 0 spiro atoms. The van der Waals surface area contributed by atoms with Crippen LogP contribution in [0.4, 0.5) is 0 Å². The minimum absolute atomic E-state index is 0.0277. The minimum atomic E-state index is 0.0277. The van der Waals surface area contributed by atoms with Gasteiger partial charge >= 0.3 is 0 Å². The molecule has 0 radical (unpaired) electrons. The Morgan fingerprint density at radius 1 is 1.33 bits per heavy atom. The number of hydrogen-bond acceptors (Lipinski definition) is 4. The van der Waals surface area contributed by atoms with Crippen LogP contribution >= 0.6 is 11.6 Å². The van der Waals surface area contributed by atoms with Crippen molar-refractivity contribution in [3.05, 3.63) is 70.2 Å². The Labute approximate surface area is 181 Å². The zero-order valence-electron chi connectivity index (χ0n) is 17.5. The maximum absolute atomic E-state index is 13.1. The standard InChI is InChI=1S/C23H27ClN4O2/c1-3-7-18-13-21(27(2)26-18)23(29)28-11-6-9-17(15-28)22-25-14-19(30-22)12-16-8-4-5-10-20(16)24/h4-5,8,10,13-14,17H,3,6-7,9,11-12,15H2,1-2H3/t17-/m1/s1. The number of halogens is 1. The fraction of sp³-hybridized carbons (Fsp3) is 0.435. The van der Waals surface area contributed by atoms with Gasteiger partial charge in [-0.1, -0.05) is 43.1 Å². The van der Waals surface area contributed by atoms with Crippen molar-refractivity contribution in [3.63, 3.8) is 0 Å². The second kappa shape index (κ2) is 9.04. The van der Waals surface area contributed by atoms with Gasteiger partial charge < -0.3 is 9.32 Å². The van der Waals surface area contributed by atoms with Crippen LogP contribution < -0.4 is 0 Å². The molecule has 7 heteroatoms. The summed E-state index contributed by atoms with van der Waals surface area (Å²) < 4.78 is 7.75. The molecule has 3 aromatic rings. The summed E-state index contributed by atoms with van der Waals surface area (Å²) in [5, 5.41) is 5.20. The van der Waals surface area contributed by atoms with Gasteiger partial charge in [-0.25, -0.2) is 4.98 Å². The van der Waals surface area contributed by atoms with Crippen molar-refractivity contribution in [1.82, 2.24) is 19.7 Å². The number of carbonyl (C=O) groups excluding carboxylic acids is 1. The molecule has 0 bridgehead atoms. The second-order valence-electron chi connectivity index (χ2n) is 7.92. The Kier molecular flexibility index (Phi) is 6.23. The van der Waals surface area contributed by atoms with Gasteiger partial charge in [0.2, 0.25) is 0 Å². The highest BCUT2D eigenvalue weighted by Gasteiger charge is 2.29. The molecule has 0 aliphatic carbocycles. The summed E-state index contributed by atoms with van der Waals surface area (Å²) in [7, 11) is 1.84. The third kappa shape index (κ3) is 4.43. The van der Waals surface area contributed by atoms with E-state index in [1.807, 2.05) is 42.3 Å². The number of hydrogen-bond donors (Lipinski definition) is 0. The molecule has 4 rings (SSSR count). The monoisotopic (exact) mass is 426 g/mol. The van der Waals surface area contributed by atoms with Crippen molar-refractivity contribution in [2.45, 2.75) is 44.9 Å². The number of likely N-dealkylation sites (tertiary alicyclic amines) is 1. The highest BCUT2D eigenvalue weighted by atomic mass is 35.5. The molecule has 1 saturated heterocycles. The van der Waals surface area contributed by atoms with Crippen molar-refractivity contribution >= 4 is 17.5 Å². The fourth-order valence-electron chi connectivity index (χ4n) is 4.05. The number of amides is 1. The molecule has 1 atom stereocenters. The van der Waals surface area contributed by atoms with E-state index in [0.717, 1.165) is 54.3 Å². The Morgan fingerprint density at radius 3 is 2.97 bits per heavy atom. The topological polar surface area (TPSA) is 64.2 Å². The Bertz CT molecular complexity index is 1030. The summed E-state index contributed by atoms with van der Waals surface area (Å²) in [5.41, 5.74) is 2.63. The lowest BCUT2D eigenvalue weighted by molar-refractivity contribution is 0.0686. The summed E-state index contributed by atoms with van der Waals surface area (Å²) in [4.78, 5) is 19.5. The lowest BCUT2D eigenvalue weighted by Gasteiger charge is -2.31. The number of rotatable bonds is 6. The third-order valence-electron chi connectivity index (χ3n) is 5.61. The van der Waals surface area contributed by atoms with Crippen molar-refractivity contribution in [1.29, 1.82) is 0 Å². The van der Waals surface area contributed by atoms with E-state index in [4.69, 9.17) is 16.0 Å². The molecule has 6 nitrogen and oxygen atoms in total. The minimum Gasteiger partial charge on any atom is -0.445 e. The van der Waals surface area contributed by atoms with Crippen molar-refractivity contribution in [2.24, 2.45) is 7.05 Å². The van der Waals surface area contributed by atoms with Crippen LogP contribution in [0.3, 0.4) is 0 Å². The molecule has 0 saturated carbocycles. The number of carbonyl (C=O) groups is 1. The van der Waals surface area contributed by atoms with Crippen LogP contribution in [0.5, 0.6) is 0 Å². The van der Waals surface area contributed by atoms with E-state index in [1.165, 1.54) is 0 Å². The molecule has 158 valence electrons. The van der Waals surface area contributed by atoms with E-state index in [-0.39, 0.29) is 11.8 Å². The van der Waals surface area contributed by atoms with Crippen molar-refractivity contribution in [3.8, 4) is 0 Å². The normalized spacial score (nSPS) is 16.8. The van der Waals surface area contributed by atoms with Gasteiger partial charge in [0.25, 0.3) is 5.91 Å². The largest absolute Gasteiger partial charge is 0.445 e. The molecule has 1 aromatic carbocycles. The van der Waals surface area contributed by atoms with Gasteiger partial charge in [-0.2, -0.15) is 5.10 Å². The van der Waals surface area contributed by atoms with Crippen LogP contribution in [0.2, 0.25) is 5.02 Å². The first kappa shape index (κ1) is 20.7. The predicted molar refractivity (Wildman–Crippen MR) is 116 cm³/mol. The quantitative estimate of drug-likeness (QED) is 0.576. The van der Waals surface area contributed by atoms with Crippen molar-refractivity contribution < 1.29 is 9.21 Å². The van der Waals surface area contributed by atoms with E-state index in [2.05, 4.69) is 17.0 Å². The lowest BCUT2D eigenvalue weighted by atomic mass is 9.97. The zero-order chi connectivity index (χ0) is 21.1. The van der Waals surface area contributed by atoms with Crippen LogP contribution in [-0.2, 0) is 19.9 Å². The molecule has 3 heterocycles.